The number of hydrogen-bond acceptors (Lipinski definition) is 5. The first-order valence-corrected chi connectivity index (χ1v) is 13.0. The monoisotopic (exact) mass is 505 g/mol. The molecule has 8 heteroatoms. The van der Waals surface area contributed by atoms with Gasteiger partial charge in [0.2, 0.25) is 5.91 Å². The molecule has 3 aromatic rings. The van der Waals surface area contributed by atoms with Gasteiger partial charge in [0.1, 0.15) is 0 Å². The van der Waals surface area contributed by atoms with Crippen LogP contribution in [0.1, 0.15) is 32.3 Å². The summed E-state index contributed by atoms with van der Waals surface area (Å²) < 4.78 is 0. The Morgan fingerprint density at radius 1 is 1.03 bits per heavy atom. The number of anilines is 1. The van der Waals surface area contributed by atoms with E-state index in [9.17, 15) is 4.79 Å². The molecule has 1 aromatic heterocycles. The van der Waals surface area contributed by atoms with Crippen LogP contribution in [0.25, 0.3) is 11.3 Å². The highest BCUT2D eigenvalue weighted by atomic mass is 35.5. The molecule has 0 saturated carbocycles. The molecule has 2 aromatic carbocycles. The van der Waals surface area contributed by atoms with Crippen molar-refractivity contribution in [1.82, 2.24) is 9.88 Å². The summed E-state index contributed by atoms with van der Waals surface area (Å²) in [5, 5.41) is 4.04. The van der Waals surface area contributed by atoms with Gasteiger partial charge < -0.3 is 9.80 Å². The Morgan fingerprint density at radius 2 is 1.75 bits per heavy atom. The Bertz CT molecular complexity index is 1120. The smallest absolute Gasteiger partial charge is 0.219 e. The number of rotatable bonds is 5. The van der Waals surface area contributed by atoms with Gasteiger partial charge in [0.15, 0.2) is 5.13 Å². The van der Waals surface area contributed by atoms with Crippen molar-refractivity contribution in [3.05, 3.63) is 57.4 Å². The van der Waals surface area contributed by atoms with E-state index in [-0.39, 0.29) is 5.91 Å². The molecule has 2 heterocycles. The minimum Gasteiger partial charge on any atom is -0.345 e. The number of benzene rings is 2. The van der Waals surface area contributed by atoms with E-state index in [4.69, 9.17) is 28.2 Å². The predicted octanol–water partition coefficient (Wildman–Crippen LogP) is 7.06. The minimum absolute atomic E-state index is 0.125. The molecule has 1 saturated heterocycles. The maximum absolute atomic E-state index is 11.6. The second-order valence-electron chi connectivity index (χ2n) is 8.04. The van der Waals surface area contributed by atoms with E-state index >= 15 is 0 Å². The van der Waals surface area contributed by atoms with Crippen LogP contribution in [0.4, 0.5) is 5.13 Å². The van der Waals surface area contributed by atoms with Gasteiger partial charge in [-0.15, -0.1) is 11.3 Å². The first-order valence-electron chi connectivity index (χ1n) is 10.6. The number of halogens is 2. The Hall–Kier alpha value is -1.73. The lowest BCUT2D eigenvalue weighted by atomic mass is 10.0. The molecule has 1 amide bonds. The van der Waals surface area contributed by atoms with Crippen LogP contribution in [0, 0.1) is 0 Å². The van der Waals surface area contributed by atoms with Crippen LogP contribution in [0.5, 0.6) is 0 Å². The number of nitrogens with zero attached hydrogens (tertiary/aromatic N) is 3. The molecular weight excluding hydrogens is 481 g/mol. The number of thiazole rings is 1. The molecule has 0 spiro atoms. The van der Waals surface area contributed by atoms with Crippen LogP contribution in [0.2, 0.25) is 10.0 Å². The number of piperazine rings is 1. The molecule has 1 fully saturated rings. The van der Waals surface area contributed by atoms with Crippen molar-refractivity contribution >= 4 is 57.3 Å². The molecule has 1 aliphatic heterocycles. The van der Waals surface area contributed by atoms with Gasteiger partial charge in [0.25, 0.3) is 0 Å². The van der Waals surface area contributed by atoms with E-state index in [1.165, 1.54) is 10.5 Å². The zero-order valence-corrected chi connectivity index (χ0v) is 21.4. The summed E-state index contributed by atoms with van der Waals surface area (Å²) in [6.07, 6.45) is 0. The van der Waals surface area contributed by atoms with Gasteiger partial charge >= 0.3 is 0 Å². The maximum Gasteiger partial charge on any atom is 0.219 e. The van der Waals surface area contributed by atoms with Crippen LogP contribution in [0.3, 0.4) is 0 Å². The van der Waals surface area contributed by atoms with E-state index in [1.807, 2.05) is 28.5 Å². The van der Waals surface area contributed by atoms with Gasteiger partial charge in [0, 0.05) is 53.8 Å². The van der Waals surface area contributed by atoms with Crippen LogP contribution in [-0.2, 0) is 4.79 Å². The average molecular weight is 507 g/mol. The van der Waals surface area contributed by atoms with Crippen LogP contribution in [-0.4, -0.2) is 42.0 Å². The van der Waals surface area contributed by atoms with Crippen molar-refractivity contribution in [2.24, 2.45) is 0 Å². The van der Waals surface area contributed by atoms with Crippen molar-refractivity contribution in [3.8, 4) is 11.3 Å². The van der Waals surface area contributed by atoms with E-state index in [2.05, 4.69) is 36.9 Å². The SMILES string of the molecule is CC(=O)N1CCN(c2nc(-c3ccc(Sc4ccccc4C(C)C)c(Cl)c3Cl)cs2)CC1. The van der Waals surface area contributed by atoms with Gasteiger partial charge in [-0.2, -0.15) is 0 Å². The highest BCUT2D eigenvalue weighted by Crippen LogP contribution is 2.44. The molecule has 0 radical (unpaired) electrons. The summed E-state index contributed by atoms with van der Waals surface area (Å²) in [7, 11) is 0. The lowest BCUT2D eigenvalue weighted by molar-refractivity contribution is -0.129. The topological polar surface area (TPSA) is 36.4 Å². The fourth-order valence-corrected chi connectivity index (χ4v) is 6.33. The van der Waals surface area contributed by atoms with Gasteiger partial charge in [-0.3, -0.25) is 4.79 Å². The Kier molecular flexibility index (Phi) is 7.35. The van der Waals surface area contributed by atoms with Crippen molar-refractivity contribution in [3.63, 3.8) is 0 Å². The molecule has 4 nitrogen and oxygen atoms in total. The Labute approximate surface area is 207 Å². The molecular formula is C24H25Cl2N3OS2. The number of hydrogen-bond donors (Lipinski definition) is 0. The van der Waals surface area contributed by atoms with Crippen molar-refractivity contribution in [2.45, 2.75) is 36.5 Å². The standard InChI is InChI=1S/C24H25Cl2N3OS2/c1-15(2)17-6-4-5-7-20(17)32-21-9-8-18(22(25)23(21)26)19-14-31-24(27-19)29-12-10-28(11-13-29)16(3)30/h4-9,14-15H,10-13H2,1-3H3. The highest BCUT2D eigenvalue weighted by Gasteiger charge is 2.22. The van der Waals surface area contributed by atoms with Crippen LogP contribution in [0.15, 0.2) is 51.6 Å². The summed E-state index contributed by atoms with van der Waals surface area (Å²) in [5.41, 5.74) is 2.95. The lowest BCUT2D eigenvalue weighted by Gasteiger charge is -2.33. The predicted molar refractivity (Wildman–Crippen MR) is 137 cm³/mol. The van der Waals surface area contributed by atoms with Crippen molar-refractivity contribution < 1.29 is 4.79 Å². The Morgan fingerprint density at radius 3 is 2.44 bits per heavy atom. The first-order chi connectivity index (χ1) is 15.3. The molecule has 4 rings (SSSR count). The molecule has 168 valence electrons. The summed E-state index contributed by atoms with van der Waals surface area (Å²) >= 11 is 16.7. The van der Waals surface area contributed by atoms with Gasteiger partial charge in [-0.05, 0) is 23.6 Å². The molecule has 0 bridgehead atoms. The first kappa shape index (κ1) is 23.4. The van der Waals surface area contributed by atoms with Crippen molar-refractivity contribution in [1.29, 1.82) is 0 Å². The third-order valence-corrected chi connectivity index (χ3v) is 8.62. The summed E-state index contributed by atoms with van der Waals surface area (Å²) in [6.45, 7) is 9.01. The number of carbonyl (C=O) groups is 1. The number of carbonyl (C=O) groups excluding carboxylic acids is 1. The van der Waals surface area contributed by atoms with Crippen LogP contribution < -0.4 is 4.90 Å². The third-order valence-electron chi connectivity index (χ3n) is 5.57. The van der Waals surface area contributed by atoms with Gasteiger partial charge in [-0.1, -0.05) is 73.1 Å². The van der Waals surface area contributed by atoms with E-state index in [0.717, 1.165) is 47.5 Å². The van der Waals surface area contributed by atoms with Crippen molar-refractivity contribution in [2.75, 3.05) is 31.1 Å². The molecule has 0 atom stereocenters. The average Bonchev–Trinajstić information content (AvgIpc) is 3.27. The van der Waals surface area contributed by atoms with Gasteiger partial charge in [-0.25, -0.2) is 4.98 Å². The normalized spacial score (nSPS) is 14.3. The largest absolute Gasteiger partial charge is 0.345 e. The lowest BCUT2D eigenvalue weighted by Crippen LogP contribution is -2.48. The quantitative estimate of drug-likeness (QED) is 0.371. The Balaban J connectivity index is 1.54. The van der Waals surface area contributed by atoms with E-state index in [0.29, 0.717) is 16.0 Å². The van der Waals surface area contributed by atoms with E-state index in [1.54, 1.807) is 30.0 Å². The summed E-state index contributed by atoms with van der Waals surface area (Å²) in [5.74, 6) is 0.554. The second kappa shape index (κ2) is 10.0. The zero-order chi connectivity index (χ0) is 22.8. The van der Waals surface area contributed by atoms with Gasteiger partial charge in [0.05, 0.1) is 15.7 Å². The van der Waals surface area contributed by atoms with Crippen LogP contribution >= 0.6 is 46.3 Å². The third kappa shape index (κ3) is 4.93. The molecule has 0 N–H and O–H groups in total. The molecule has 32 heavy (non-hydrogen) atoms. The summed E-state index contributed by atoms with van der Waals surface area (Å²) in [4.78, 5) is 22.6. The molecule has 1 aliphatic rings. The highest BCUT2D eigenvalue weighted by molar-refractivity contribution is 7.99. The second-order valence-corrected chi connectivity index (χ2v) is 10.7. The fourth-order valence-electron chi connectivity index (χ4n) is 3.72. The van der Waals surface area contributed by atoms with E-state index < -0.39 is 0 Å². The minimum atomic E-state index is 0.125. The number of aromatic nitrogens is 1. The zero-order valence-electron chi connectivity index (χ0n) is 18.3. The fraction of sp³-hybridized carbons (Fsp3) is 0.333. The summed E-state index contributed by atoms with van der Waals surface area (Å²) in [6, 6.07) is 12.4. The number of amides is 1. The maximum atomic E-state index is 11.6. The molecule has 0 aliphatic carbocycles. The molecule has 0 unspecified atom stereocenters.